The van der Waals surface area contributed by atoms with Crippen molar-refractivity contribution in [2.24, 2.45) is 5.73 Å². The van der Waals surface area contributed by atoms with Gasteiger partial charge in [-0.05, 0) is 37.1 Å². The van der Waals surface area contributed by atoms with Gasteiger partial charge in [-0.15, -0.1) is 0 Å². The first kappa shape index (κ1) is 16.7. The predicted molar refractivity (Wildman–Crippen MR) is 94.6 cm³/mol. The normalized spacial score (nSPS) is 24.0. The molecule has 1 aliphatic rings. The number of hydrogen-bond donors (Lipinski definition) is 1. The topological polar surface area (TPSA) is 55.6 Å². The van der Waals surface area contributed by atoms with E-state index in [4.69, 9.17) is 10.5 Å². The highest BCUT2D eigenvalue weighted by molar-refractivity contribution is 5.94. The second-order valence-electron chi connectivity index (χ2n) is 6.37. The highest BCUT2D eigenvalue weighted by Gasteiger charge is 2.37. The SMILES string of the molecule is CC1COC(c2ccccc2)C(C)N1C(=O)c1ccc(CN)cc1. The summed E-state index contributed by atoms with van der Waals surface area (Å²) in [5.74, 6) is 0.0443. The van der Waals surface area contributed by atoms with Crippen molar-refractivity contribution < 1.29 is 9.53 Å². The second-order valence-corrected chi connectivity index (χ2v) is 6.37. The van der Waals surface area contributed by atoms with Crippen molar-refractivity contribution in [2.75, 3.05) is 6.61 Å². The molecular weight excluding hydrogens is 300 g/mol. The zero-order valence-corrected chi connectivity index (χ0v) is 14.2. The standard InChI is InChI=1S/C20H24N2O2/c1-14-13-24-19(17-6-4-3-5-7-17)15(2)22(14)20(23)18-10-8-16(12-21)9-11-18/h3-11,14-15,19H,12-13,21H2,1-2H3. The van der Waals surface area contributed by atoms with Gasteiger partial charge in [0.2, 0.25) is 0 Å². The summed E-state index contributed by atoms with van der Waals surface area (Å²) < 4.78 is 6.03. The van der Waals surface area contributed by atoms with Gasteiger partial charge in [0.1, 0.15) is 6.10 Å². The van der Waals surface area contributed by atoms with E-state index in [2.05, 4.69) is 19.1 Å². The van der Waals surface area contributed by atoms with Gasteiger partial charge in [0.25, 0.3) is 5.91 Å². The number of rotatable bonds is 3. The molecule has 1 aliphatic heterocycles. The molecule has 0 aliphatic carbocycles. The molecule has 0 aromatic heterocycles. The fraction of sp³-hybridized carbons (Fsp3) is 0.350. The lowest BCUT2D eigenvalue weighted by atomic mass is 9.97. The molecule has 0 saturated carbocycles. The fourth-order valence-corrected chi connectivity index (χ4v) is 3.34. The van der Waals surface area contributed by atoms with Crippen LogP contribution in [-0.2, 0) is 11.3 Å². The van der Waals surface area contributed by atoms with E-state index in [1.165, 1.54) is 0 Å². The van der Waals surface area contributed by atoms with E-state index in [0.29, 0.717) is 18.7 Å². The van der Waals surface area contributed by atoms with Crippen LogP contribution in [0.25, 0.3) is 0 Å². The molecule has 126 valence electrons. The zero-order valence-electron chi connectivity index (χ0n) is 14.2. The van der Waals surface area contributed by atoms with Crippen molar-refractivity contribution in [1.29, 1.82) is 0 Å². The highest BCUT2D eigenvalue weighted by Crippen LogP contribution is 2.31. The number of benzene rings is 2. The minimum absolute atomic E-state index is 0.0298. The molecule has 0 spiro atoms. The summed E-state index contributed by atoms with van der Waals surface area (Å²) >= 11 is 0. The Hall–Kier alpha value is -2.17. The van der Waals surface area contributed by atoms with Crippen LogP contribution in [0.2, 0.25) is 0 Å². The lowest BCUT2D eigenvalue weighted by molar-refractivity contribution is -0.0806. The molecule has 3 unspecified atom stereocenters. The van der Waals surface area contributed by atoms with E-state index in [9.17, 15) is 4.79 Å². The van der Waals surface area contributed by atoms with Gasteiger partial charge in [-0.25, -0.2) is 0 Å². The first-order valence-electron chi connectivity index (χ1n) is 8.40. The molecule has 3 rings (SSSR count). The van der Waals surface area contributed by atoms with Gasteiger partial charge in [0.15, 0.2) is 0 Å². The molecule has 3 atom stereocenters. The van der Waals surface area contributed by atoms with Crippen LogP contribution in [0.3, 0.4) is 0 Å². The summed E-state index contributed by atoms with van der Waals surface area (Å²) in [5, 5.41) is 0. The van der Waals surface area contributed by atoms with Crippen LogP contribution in [0.1, 0.15) is 41.4 Å². The molecule has 2 N–H and O–H groups in total. The molecule has 2 aromatic rings. The Morgan fingerprint density at radius 2 is 1.79 bits per heavy atom. The number of carbonyl (C=O) groups is 1. The summed E-state index contributed by atoms with van der Waals surface area (Å²) in [4.78, 5) is 15.0. The van der Waals surface area contributed by atoms with Crippen LogP contribution in [0.15, 0.2) is 54.6 Å². The Balaban J connectivity index is 1.85. The minimum Gasteiger partial charge on any atom is -0.369 e. The number of ether oxygens (including phenoxy) is 1. The molecule has 1 heterocycles. The van der Waals surface area contributed by atoms with Gasteiger partial charge < -0.3 is 15.4 Å². The maximum absolute atomic E-state index is 13.0. The lowest BCUT2D eigenvalue weighted by Gasteiger charge is -2.44. The van der Waals surface area contributed by atoms with Crippen LogP contribution in [-0.4, -0.2) is 29.5 Å². The summed E-state index contributed by atoms with van der Waals surface area (Å²) in [6, 6.07) is 17.7. The number of morpholine rings is 1. The molecule has 0 bridgehead atoms. The van der Waals surface area contributed by atoms with Crippen molar-refractivity contribution in [1.82, 2.24) is 4.90 Å². The van der Waals surface area contributed by atoms with Gasteiger partial charge in [-0.2, -0.15) is 0 Å². The number of nitrogens with two attached hydrogens (primary N) is 1. The third-order valence-corrected chi connectivity index (χ3v) is 4.67. The zero-order chi connectivity index (χ0) is 17.1. The van der Waals surface area contributed by atoms with E-state index in [-0.39, 0.29) is 24.1 Å². The van der Waals surface area contributed by atoms with Crippen molar-refractivity contribution in [3.05, 3.63) is 71.3 Å². The van der Waals surface area contributed by atoms with Crippen LogP contribution in [0.4, 0.5) is 0 Å². The van der Waals surface area contributed by atoms with Crippen molar-refractivity contribution in [3.63, 3.8) is 0 Å². The first-order valence-corrected chi connectivity index (χ1v) is 8.40. The van der Waals surface area contributed by atoms with Crippen LogP contribution < -0.4 is 5.73 Å². The van der Waals surface area contributed by atoms with Crippen molar-refractivity contribution in [3.8, 4) is 0 Å². The maximum atomic E-state index is 13.0. The predicted octanol–water partition coefficient (Wildman–Crippen LogP) is 3.14. The highest BCUT2D eigenvalue weighted by atomic mass is 16.5. The monoisotopic (exact) mass is 324 g/mol. The quantitative estimate of drug-likeness (QED) is 0.943. The van der Waals surface area contributed by atoms with E-state index in [1.807, 2.05) is 54.3 Å². The van der Waals surface area contributed by atoms with Crippen molar-refractivity contribution >= 4 is 5.91 Å². The average Bonchev–Trinajstić information content (AvgIpc) is 2.62. The summed E-state index contributed by atoms with van der Waals surface area (Å²) in [5.41, 5.74) is 8.46. The Bertz CT molecular complexity index is 685. The van der Waals surface area contributed by atoms with Gasteiger partial charge >= 0.3 is 0 Å². The van der Waals surface area contributed by atoms with E-state index in [1.54, 1.807) is 0 Å². The number of amides is 1. The Kier molecular flexibility index (Phi) is 4.97. The van der Waals surface area contributed by atoms with Crippen LogP contribution >= 0.6 is 0 Å². The lowest BCUT2D eigenvalue weighted by Crippen LogP contribution is -2.53. The number of hydrogen-bond acceptors (Lipinski definition) is 3. The van der Waals surface area contributed by atoms with Crippen LogP contribution in [0.5, 0.6) is 0 Å². The molecule has 1 amide bonds. The molecule has 1 saturated heterocycles. The third-order valence-electron chi connectivity index (χ3n) is 4.67. The Morgan fingerprint density at radius 3 is 2.42 bits per heavy atom. The molecular formula is C20H24N2O2. The summed E-state index contributed by atoms with van der Waals surface area (Å²) in [6.07, 6.45) is -0.102. The molecule has 2 aromatic carbocycles. The fourth-order valence-electron chi connectivity index (χ4n) is 3.34. The molecule has 1 fully saturated rings. The van der Waals surface area contributed by atoms with Gasteiger partial charge in [0.05, 0.1) is 18.7 Å². The maximum Gasteiger partial charge on any atom is 0.254 e. The summed E-state index contributed by atoms with van der Waals surface area (Å²) in [7, 11) is 0. The largest absolute Gasteiger partial charge is 0.369 e. The Morgan fingerprint density at radius 1 is 1.12 bits per heavy atom. The molecule has 0 radical (unpaired) electrons. The van der Waals surface area contributed by atoms with Gasteiger partial charge in [0, 0.05) is 12.1 Å². The first-order chi connectivity index (χ1) is 11.6. The Labute approximate surface area is 143 Å². The number of nitrogens with zero attached hydrogens (tertiary/aromatic N) is 1. The van der Waals surface area contributed by atoms with Crippen molar-refractivity contribution in [2.45, 2.75) is 38.6 Å². The smallest absolute Gasteiger partial charge is 0.254 e. The number of carbonyl (C=O) groups excluding carboxylic acids is 1. The van der Waals surface area contributed by atoms with Crippen LogP contribution in [0, 0.1) is 0 Å². The van der Waals surface area contributed by atoms with Gasteiger partial charge in [-0.3, -0.25) is 4.79 Å². The van der Waals surface area contributed by atoms with E-state index >= 15 is 0 Å². The summed E-state index contributed by atoms with van der Waals surface area (Å²) in [6.45, 7) is 5.11. The average molecular weight is 324 g/mol. The second kappa shape index (κ2) is 7.16. The van der Waals surface area contributed by atoms with E-state index < -0.39 is 0 Å². The molecule has 4 nitrogen and oxygen atoms in total. The van der Waals surface area contributed by atoms with Gasteiger partial charge in [-0.1, -0.05) is 42.5 Å². The minimum atomic E-state index is -0.102. The third kappa shape index (κ3) is 3.21. The molecule has 24 heavy (non-hydrogen) atoms. The van der Waals surface area contributed by atoms with E-state index in [0.717, 1.165) is 11.1 Å². The molecule has 4 heteroatoms.